The van der Waals surface area contributed by atoms with Gasteiger partial charge in [-0.1, -0.05) is 13.8 Å². The zero-order chi connectivity index (χ0) is 14.5. The Bertz CT molecular complexity index is 369. The Morgan fingerprint density at radius 2 is 1.50 bits per heavy atom. The van der Waals surface area contributed by atoms with Crippen molar-refractivity contribution in [2.24, 2.45) is 21.8 Å². The first kappa shape index (κ1) is 15.3. The van der Waals surface area contributed by atoms with Crippen molar-refractivity contribution in [1.29, 1.82) is 0 Å². The highest BCUT2D eigenvalue weighted by Crippen LogP contribution is 2.20. The minimum Gasteiger partial charge on any atom is -0.586 e. The topological polar surface area (TPSA) is 190 Å². The first-order valence-electron chi connectivity index (χ1n) is 4.33. The summed E-state index contributed by atoms with van der Waals surface area (Å²) in [5, 5.41) is 62.7. The molecule has 0 radical (unpaired) electrons. The van der Waals surface area contributed by atoms with E-state index in [0.717, 1.165) is 0 Å². The molecule has 0 unspecified atom stereocenters. The van der Waals surface area contributed by atoms with Crippen LogP contribution in [-0.4, -0.2) is 47.0 Å². The van der Waals surface area contributed by atoms with E-state index >= 15 is 0 Å². The molecule has 0 aromatic carbocycles. The molecule has 0 aliphatic carbocycles. The molecule has 13 nitrogen and oxygen atoms in total. The van der Waals surface area contributed by atoms with E-state index in [4.69, 9.17) is 20.8 Å². The number of Topliss-reactive ketones (excluding diaryl/α,β-unsaturated/α-hetero) is 1. The second-order valence-corrected chi connectivity index (χ2v) is 3.26. The maximum absolute atomic E-state index is 11.8. The molecule has 13 heteroatoms. The summed E-state index contributed by atoms with van der Waals surface area (Å²) >= 11 is 0. The summed E-state index contributed by atoms with van der Waals surface area (Å²) in [6.45, 7) is 2.44. The van der Waals surface area contributed by atoms with Crippen molar-refractivity contribution in [2.75, 3.05) is 0 Å². The van der Waals surface area contributed by atoms with Crippen molar-refractivity contribution in [3.05, 3.63) is 10.4 Å². The van der Waals surface area contributed by atoms with E-state index in [1.165, 1.54) is 13.8 Å². The smallest absolute Gasteiger partial charge is 0.586 e. The Labute approximate surface area is 98.8 Å². The van der Waals surface area contributed by atoms with Crippen molar-refractivity contribution in [3.8, 4) is 0 Å². The molecular formula is C5H11N6O7+. The van der Waals surface area contributed by atoms with Crippen LogP contribution < -0.4 is 0 Å². The molecule has 0 amide bonds. The Hall–Kier alpha value is -2.73. The zero-order valence-electron chi connectivity index (χ0n) is 9.27. The van der Waals surface area contributed by atoms with Crippen LogP contribution in [0.5, 0.6) is 0 Å². The molecule has 0 heterocycles. The molecule has 0 aliphatic heterocycles. The van der Waals surface area contributed by atoms with Crippen LogP contribution in [0.2, 0.25) is 0 Å². The molecule has 0 aliphatic rings. The van der Waals surface area contributed by atoms with Gasteiger partial charge in [0.15, 0.2) is 0 Å². The summed E-state index contributed by atoms with van der Waals surface area (Å²) in [6, 6.07) is 0. The van der Waals surface area contributed by atoms with Crippen molar-refractivity contribution in [2.45, 2.75) is 19.6 Å². The van der Waals surface area contributed by atoms with Gasteiger partial charge in [0.25, 0.3) is 10.1 Å². The van der Waals surface area contributed by atoms with Gasteiger partial charge in [0, 0.05) is 5.92 Å². The first-order chi connectivity index (χ1) is 8.30. The van der Waals surface area contributed by atoms with Gasteiger partial charge in [-0.15, -0.1) is 0 Å². The summed E-state index contributed by atoms with van der Waals surface area (Å²) in [4.78, 5) is 8.96. The third-order valence-corrected chi connectivity index (χ3v) is 1.91. The molecule has 0 saturated heterocycles. The number of nitrogens with zero attached hydrogens (tertiary/aromatic N) is 6. The number of carbonyl (C=O) groups is 1. The van der Waals surface area contributed by atoms with Gasteiger partial charge in [0.1, 0.15) is 0 Å². The Kier molecular flexibility index (Phi) is 4.71. The van der Waals surface area contributed by atoms with E-state index in [2.05, 4.69) is 0 Å². The molecule has 4 N–H and O–H groups in total. The lowest BCUT2D eigenvalue weighted by Gasteiger charge is -2.13. The van der Waals surface area contributed by atoms with Crippen molar-refractivity contribution in [3.63, 3.8) is 0 Å². The van der Waals surface area contributed by atoms with E-state index in [9.17, 15) is 15.2 Å². The van der Waals surface area contributed by atoms with Crippen molar-refractivity contribution < 1.29 is 40.2 Å². The highest BCUT2D eigenvalue weighted by atomic mass is 16.7. The van der Waals surface area contributed by atoms with Gasteiger partial charge < -0.3 is 26.0 Å². The van der Waals surface area contributed by atoms with Gasteiger partial charge >= 0.3 is 11.6 Å². The predicted molar refractivity (Wildman–Crippen MR) is 44.5 cm³/mol. The summed E-state index contributed by atoms with van der Waals surface area (Å²) in [5.41, 5.74) is 0. The maximum Gasteiger partial charge on any atom is 0.748 e. The van der Waals surface area contributed by atoms with Crippen LogP contribution >= 0.6 is 0 Å². The summed E-state index contributed by atoms with van der Waals surface area (Å²) in [6.07, 6.45) is 0. The summed E-state index contributed by atoms with van der Waals surface area (Å²) in [7, 11) is 0. The number of hydrogen-bond donors (Lipinski definition) is 4. The number of ketones is 1. The van der Waals surface area contributed by atoms with Gasteiger partial charge in [-0.3, -0.25) is 10.0 Å². The fourth-order valence-corrected chi connectivity index (χ4v) is 1.09. The molecule has 0 spiro atoms. The van der Waals surface area contributed by atoms with Crippen LogP contribution in [-0.2, 0) is 4.79 Å². The lowest BCUT2D eigenvalue weighted by atomic mass is 10.0. The van der Waals surface area contributed by atoms with Crippen LogP contribution in [0, 0.1) is 16.3 Å². The molecule has 102 valence electrons. The quantitative estimate of drug-likeness (QED) is 0.229. The normalized spacial score (nSPS) is 14.9. The first-order valence-corrected chi connectivity index (χ1v) is 4.33. The Morgan fingerprint density at radius 3 is 1.72 bits per heavy atom. The van der Waals surface area contributed by atoms with E-state index in [0.29, 0.717) is 0 Å². The van der Waals surface area contributed by atoms with Crippen LogP contribution in [0.1, 0.15) is 13.8 Å². The predicted octanol–water partition coefficient (Wildman–Crippen LogP) is -0.188. The Morgan fingerprint density at radius 1 is 1.11 bits per heavy atom. The van der Waals surface area contributed by atoms with Crippen LogP contribution in [0.15, 0.2) is 15.8 Å². The SMILES string of the molecule is CC(C)C(=O)C(/[N+]([O-])=N/O)(/[N+]([O-])=N/O)/[N+](O)=N/O. The highest BCUT2D eigenvalue weighted by Gasteiger charge is 2.78. The molecular weight excluding hydrogens is 256 g/mol. The zero-order valence-corrected chi connectivity index (χ0v) is 9.27. The van der Waals surface area contributed by atoms with Crippen molar-refractivity contribution in [1.82, 2.24) is 0 Å². The number of rotatable bonds is 5. The molecule has 0 aromatic rings. The fourth-order valence-electron chi connectivity index (χ4n) is 1.09. The van der Waals surface area contributed by atoms with Gasteiger partial charge in [0.05, 0.1) is 9.72 Å². The lowest BCUT2D eigenvalue weighted by Crippen LogP contribution is -2.62. The minimum absolute atomic E-state index is 0.811. The largest absolute Gasteiger partial charge is 0.748 e. The van der Waals surface area contributed by atoms with Gasteiger partial charge in [0.2, 0.25) is 10.6 Å². The van der Waals surface area contributed by atoms with E-state index in [-0.39, 0.29) is 0 Å². The average molecular weight is 267 g/mol. The third-order valence-electron chi connectivity index (χ3n) is 1.91. The van der Waals surface area contributed by atoms with Crippen molar-refractivity contribution >= 4 is 5.78 Å². The molecule has 18 heavy (non-hydrogen) atoms. The van der Waals surface area contributed by atoms with Gasteiger partial charge in [-0.05, 0) is 0 Å². The standard InChI is InChI=1S/C5H10N6O7/c1-3(2)4(12)5(9(16)6-13,10(17)7-14)11(18)8-15/h3,13-14,18H,1-2H3/p+1/b9-6-,10-7-. The fraction of sp³-hybridized carbons (Fsp3) is 0.800. The molecule has 0 aromatic heterocycles. The lowest BCUT2D eigenvalue weighted by molar-refractivity contribution is -1.08. The number of hydrogen-bond acceptors (Lipinski definition) is 6. The molecule has 0 fully saturated rings. The highest BCUT2D eigenvalue weighted by molar-refractivity contribution is 5.85. The Balaban J connectivity index is 6.33. The summed E-state index contributed by atoms with van der Waals surface area (Å²) in [5.74, 6) is -5.87. The van der Waals surface area contributed by atoms with Crippen LogP contribution in [0.25, 0.3) is 0 Å². The third kappa shape index (κ3) is 2.04. The number of carbonyl (C=O) groups excluding carboxylic acids is 1. The van der Waals surface area contributed by atoms with E-state index in [1.807, 2.05) is 15.8 Å². The molecule has 0 atom stereocenters. The van der Waals surface area contributed by atoms with E-state index < -0.39 is 32.1 Å². The molecule has 0 rings (SSSR count). The maximum atomic E-state index is 11.8. The summed E-state index contributed by atoms with van der Waals surface area (Å²) < 4.78 is 0. The number of hydroxylamine groups is 3. The second-order valence-electron chi connectivity index (χ2n) is 3.26. The molecule has 0 saturated carbocycles. The van der Waals surface area contributed by atoms with Gasteiger partial charge in [-0.2, -0.15) is 0 Å². The van der Waals surface area contributed by atoms with Gasteiger partial charge in [-0.25, -0.2) is 0 Å². The van der Waals surface area contributed by atoms with Crippen LogP contribution in [0.4, 0.5) is 0 Å². The second kappa shape index (κ2) is 5.55. The monoisotopic (exact) mass is 267 g/mol. The van der Waals surface area contributed by atoms with E-state index in [1.54, 1.807) is 0 Å². The average Bonchev–Trinajstić information content (AvgIpc) is 2.37. The van der Waals surface area contributed by atoms with Crippen LogP contribution in [0.3, 0.4) is 0 Å². The minimum atomic E-state index is -3.44. The molecule has 0 bridgehead atoms.